The van der Waals surface area contributed by atoms with E-state index in [0.29, 0.717) is 0 Å². The van der Waals surface area contributed by atoms with E-state index in [1.807, 2.05) is 6.08 Å². The molecule has 0 unspecified atom stereocenters. The highest BCUT2D eigenvalue weighted by Gasteiger charge is 1.87. The molecule has 0 fully saturated rings. The van der Waals surface area contributed by atoms with Crippen LogP contribution in [0.2, 0.25) is 0 Å². The Hall–Kier alpha value is -0.460. The van der Waals surface area contributed by atoms with Crippen LogP contribution in [0.3, 0.4) is 0 Å². The van der Waals surface area contributed by atoms with Crippen LogP contribution in [0.25, 0.3) is 0 Å². The zero-order valence-electron chi connectivity index (χ0n) is 3.61. The van der Waals surface area contributed by atoms with Crippen LogP contribution in [0.1, 0.15) is 12.8 Å². The van der Waals surface area contributed by atoms with Gasteiger partial charge in [-0.3, -0.25) is 0 Å². The molecule has 0 N–H and O–H groups in total. The van der Waals surface area contributed by atoms with Gasteiger partial charge in [-0.15, -0.1) is 0 Å². The third-order valence-electron chi connectivity index (χ3n) is 0.762. The molecule has 1 radical (unpaired) electrons. The Balaban J connectivity index is 2.26. The van der Waals surface area contributed by atoms with Crippen molar-refractivity contribution in [3.8, 4) is 0 Å². The Bertz CT molecular complexity index is 49.0. The van der Waals surface area contributed by atoms with Gasteiger partial charge in [0.15, 0.2) is 6.26 Å². The van der Waals surface area contributed by atoms with Gasteiger partial charge in [0.2, 0.25) is 0 Å². The molecule has 1 aliphatic heterocycles. The summed E-state index contributed by atoms with van der Waals surface area (Å²) in [5.74, 6) is 0. The zero-order chi connectivity index (χ0) is 4.24. The van der Waals surface area contributed by atoms with E-state index in [1.165, 1.54) is 0 Å². The van der Waals surface area contributed by atoms with Crippen LogP contribution in [0, 0.1) is 6.26 Å². The largest absolute Gasteiger partial charge is 0.490 e. The van der Waals surface area contributed by atoms with Crippen LogP contribution in [0.5, 0.6) is 0 Å². The second kappa shape index (κ2) is 1.85. The Morgan fingerprint density at radius 1 is 1.67 bits per heavy atom. The maximum Gasteiger partial charge on any atom is 0.156 e. The van der Waals surface area contributed by atoms with E-state index >= 15 is 0 Å². The molecule has 6 heavy (non-hydrogen) atoms. The minimum Gasteiger partial charge on any atom is -0.490 e. The van der Waals surface area contributed by atoms with Crippen molar-refractivity contribution in [1.29, 1.82) is 0 Å². The standard InChI is InChI=1S/C5H7O/c1-2-4-6-5-3-1/h2H,1,3,5H2. The lowest BCUT2D eigenvalue weighted by atomic mass is 10.3. The molecule has 1 rings (SSSR count). The summed E-state index contributed by atoms with van der Waals surface area (Å²) in [7, 11) is 0. The minimum absolute atomic E-state index is 0.858. The van der Waals surface area contributed by atoms with Gasteiger partial charge in [-0.05, 0) is 18.9 Å². The third kappa shape index (κ3) is 0.744. The average molecular weight is 83.1 g/mol. The number of hydrogen-bond acceptors (Lipinski definition) is 1. The summed E-state index contributed by atoms with van der Waals surface area (Å²) in [4.78, 5) is 0. The Morgan fingerprint density at radius 3 is 2.83 bits per heavy atom. The highest BCUT2D eigenvalue weighted by Crippen LogP contribution is 1.97. The highest BCUT2D eigenvalue weighted by atomic mass is 16.5. The van der Waals surface area contributed by atoms with Crippen molar-refractivity contribution in [2.45, 2.75) is 12.8 Å². The van der Waals surface area contributed by atoms with Gasteiger partial charge in [-0.2, -0.15) is 0 Å². The summed E-state index contributed by atoms with van der Waals surface area (Å²) in [6.45, 7) is 0.858. The first-order valence-electron chi connectivity index (χ1n) is 2.19. The summed E-state index contributed by atoms with van der Waals surface area (Å²) < 4.78 is 4.76. The van der Waals surface area contributed by atoms with Crippen molar-refractivity contribution in [3.63, 3.8) is 0 Å². The zero-order valence-corrected chi connectivity index (χ0v) is 3.61. The molecule has 0 aromatic carbocycles. The van der Waals surface area contributed by atoms with Gasteiger partial charge < -0.3 is 4.74 Å². The SMILES string of the molecule is [C]1=CCCCO1. The maximum absolute atomic E-state index is 4.76. The van der Waals surface area contributed by atoms with Gasteiger partial charge >= 0.3 is 0 Å². The molecule has 0 atom stereocenters. The average Bonchev–Trinajstić information content (AvgIpc) is 1.72. The summed E-state index contributed by atoms with van der Waals surface area (Å²) >= 11 is 0. The molecule has 0 aromatic rings. The van der Waals surface area contributed by atoms with Crippen LogP contribution in [-0.2, 0) is 4.74 Å². The molecule has 1 heteroatoms. The van der Waals surface area contributed by atoms with Crippen molar-refractivity contribution in [1.82, 2.24) is 0 Å². The van der Waals surface area contributed by atoms with Gasteiger partial charge in [0.25, 0.3) is 0 Å². The van der Waals surface area contributed by atoms with E-state index in [4.69, 9.17) is 4.74 Å². The monoisotopic (exact) mass is 83.0 g/mol. The smallest absolute Gasteiger partial charge is 0.156 e. The molecule has 1 nitrogen and oxygen atoms in total. The molecule has 0 saturated carbocycles. The lowest BCUT2D eigenvalue weighted by molar-refractivity contribution is 0.210. The number of ether oxygens (including phenoxy) is 1. The van der Waals surface area contributed by atoms with Crippen LogP contribution in [-0.4, -0.2) is 6.61 Å². The quantitative estimate of drug-likeness (QED) is 0.426. The van der Waals surface area contributed by atoms with Crippen LogP contribution >= 0.6 is 0 Å². The van der Waals surface area contributed by atoms with E-state index in [-0.39, 0.29) is 0 Å². The van der Waals surface area contributed by atoms with Crippen molar-refractivity contribution >= 4 is 0 Å². The predicted molar refractivity (Wildman–Crippen MR) is 23.0 cm³/mol. The molecule has 0 spiro atoms. The van der Waals surface area contributed by atoms with E-state index < -0.39 is 0 Å². The molecular weight excluding hydrogens is 76.1 g/mol. The molecule has 1 heterocycles. The van der Waals surface area contributed by atoms with Crippen LogP contribution in [0.4, 0.5) is 0 Å². The minimum atomic E-state index is 0.858. The van der Waals surface area contributed by atoms with Crippen molar-refractivity contribution < 1.29 is 4.74 Å². The first-order valence-corrected chi connectivity index (χ1v) is 2.19. The normalized spacial score (nSPS) is 20.0. The second-order valence-corrected chi connectivity index (χ2v) is 1.31. The predicted octanol–water partition coefficient (Wildman–Crippen LogP) is 1.11. The third-order valence-corrected chi connectivity index (χ3v) is 0.762. The summed E-state index contributed by atoms with van der Waals surface area (Å²) in [5.41, 5.74) is 0. The second-order valence-electron chi connectivity index (χ2n) is 1.31. The molecule has 1 aliphatic rings. The molecular formula is C5H7O. The van der Waals surface area contributed by atoms with E-state index in [0.717, 1.165) is 19.4 Å². The first-order chi connectivity index (χ1) is 3.00. The van der Waals surface area contributed by atoms with Crippen molar-refractivity contribution in [2.75, 3.05) is 6.61 Å². The van der Waals surface area contributed by atoms with Crippen molar-refractivity contribution in [3.05, 3.63) is 12.3 Å². The van der Waals surface area contributed by atoms with Crippen LogP contribution < -0.4 is 0 Å². The molecule has 0 bridgehead atoms. The maximum atomic E-state index is 4.76. The fraction of sp³-hybridized carbons (Fsp3) is 0.600. The Kier molecular flexibility index (Phi) is 1.15. The number of allylic oxidation sites excluding steroid dienone is 1. The summed E-state index contributed by atoms with van der Waals surface area (Å²) in [6.07, 6.45) is 6.88. The lowest BCUT2D eigenvalue weighted by Crippen LogP contribution is -1.90. The summed E-state index contributed by atoms with van der Waals surface area (Å²) in [5, 5.41) is 0. The Labute approximate surface area is 37.6 Å². The fourth-order valence-corrected chi connectivity index (χ4v) is 0.434. The Morgan fingerprint density at radius 2 is 2.67 bits per heavy atom. The van der Waals surface area contributed by atoms with Crippen molar-refractivity contribution in [2.24, 2.45) is 0 Å². The van der Waals surface area contributed by atoms with Gasteiger partial charge in [-0.25, -0.2) is 0 Å². The molecule has 0 aromatic heterocycles. The fourth-order valence-electron chi connectivity index (χ4n) is 0.434. The van der Waals surface area contributed by atoms with Crippen LogP contribution in [0.15, 0.2) is 6.08 Å². The van der Waals surface area contributed by atoms with Gasteiger partial charge in [0, 0.05) is 0 Å². The molecule has 0 amide bonds. The van der Waals surface area contributed by atoms with Gasteiger partial charge in [-0.1, -0.05) is 0 Å². The molecule has 33 valence electrons. The van der Waals surface area contributed by atoms with E-state index in [9.17, 15) is 0 Å². The summed E-state index contributed by atoms with van der Waals surface area (Å²) in [6, 6.07) is 0. The van der Waals surface area contributed by atoms with Gasteiger partial charge in [0.05, 0.1) is 6.61 Å². The highest BCUT2D eigenvalue weighted by molar-refractivity contribution is 4.70. The molecule has 0 saturated heterocycles. The first kappa shape index (κ1) is 3.72. The van der Waals surface area contributed by atoms with E-state index in [1.54, 1.807) is 0 Å². The topological polar surface area (TPSA) is 9.23 Å². The number of rotatable bonds is 0. The van der Waals surface area contributed by atoms with E-state index in [2.05, 4.69) is 6.26 Å². The molecule has 0 aliphatic carbocycles. The van der Waals surface area contributed by atoms with Gasteiger partial charge in [0.1, 0.15) is 0 Å². The lowest BCUT2D eigenvalue weighted by Gasteiger charge is -2.00. The number of hydrogen-bond donors (Lipinski definition) is 0.